The number of aromatic amines is 1. The van der Waals surface area contributed by atoms with Gasteiger partial charge in [-0.1, -0.05) is 30.3 Å². The number of benzene rings is 1. The monoisotopic (exact) mass is 377 g/mol. The summed E-state index contributed by atoms with van der Waals surface area (Å²) in [6.07, 6.45) is 3.57. The summed E-state index contributed by atoms with van der Waals surface area (Å²) < 4.78 is 0. The van der Waals surface area contributed by atoms with E-state index < -0.39 is 0 Å². The zero-order chi connectivity index (χ0) is 18.6. The number of amides is 1. The van der Waals surface area contributed by atoms with E-state index in [0.717, 1.165) is 28.0 Å². The Hall–Kier alpha value is -3.16. The Morgan fingerprint density at radius 3 is 2.81 bits per heavy atom. The number of pyridine rings is 1. The van der Waals surface area contributed by atoms with E-state index >= 15 is 0 Å². The van der Waals surface area contributed by atoms with Crippen molar-refractivity contribution < 1.29 is 4.79 Å². The molecule has 1 atom stereocenters. The van der Waals surface area contributed by atoms with Crippen molar-refractivity contribution in [1.82, 2.24) is 15.3 Å². The average molecular weight is 377 g/mol. The first kappa shape index (κ1) is 17.3. The number of carbonyl (C=O) groups excluding carboxylic acids is 1. The van der Waals surface area contributed by atoms with Crippen LogP contribution >= 0.6 is 11.3 Å². The summed E-state index contributed by atoms with van der Waals surface area (Å²) in [6.45, 7) is 0.332. The first-order valence-corrected chi connectivity index (χ1v) is 9.46. The van der Waals surface area contributed by atoms with E-state index in [1.807, 2.05) is 60.1 Å². The molecule has 6 nitrogen and oxygen atoms in total. The Bertz CT molecular complexity index is 1060. The van der Waals surface area contributed by atoms with Gasteiger partial charge in [-0.3, -0.25) is 4.79 Å². The summed E-state index contributed by atoms with van der Waals surface area (Å²) in [6, 6.07) is 15.3. The first-order chi connectivity index (χ1) is 13.3. The predicted molar refractivity (Wildman–Crippen MR) is 109 cm³/mol. The fourth-order valence-corrected chi connectivity index (χ4v) is 3.74. The highest BCUT2D eigenvalue weighted by Crippen LogP contribution is 2.29. The van der Waals surface area contributed by atoms with Gasteiger partial charge in [-0.15, -0.1) is 11.3 Å². The van der Waals surface area contributed by atoms with Crippen molar-refractivity contribution in [1.29, 1.82) is 0 Å². The van der Waals surface area contributed by atoms with Crippen molar-refractivity contribution in [2.45, 2.75) is 6.04 Å². The number of nitrogens with zero attached hydrogens (tertiary/aromatic N) is 1. The third kappa shape index (κ3) is 3.55. The molecule has 136 valence electrons. The number of H-pyrrole nitrogens is 1. The van der Waals surface area contributed by atoms with Crippen LogP contribution in [-0.4, -0.2) is 22.4 Å². The minimum Gasteiger partial charge on any atom is -0.354 e. The van der Waals surface area contributed by atoms with Crippen LogP contribution in [0.15, 0.2) is 66.3 Å². The van der Waals surface area contributed by atoms with Gasteiger partial charge in [-0.05, 0) is 29.1 Å². The quantitative estimate of drug-likeness (QED) is 0.411. The lowest BCUT2D eigenvalue weighted by Crippen LogP contribution is -2.33. The van der Waals surface area contributed by atoms with Crippen molar-refractivity contribution in [3.8, 4) is 0 Å². The molecule has 0 saturated carbocycles. The fourth-order valence-electron chi connectivity index (χ4n) is 2.99. The highest BCUT2D eigenvalue weighted by Gasteiger charge is 2.18. The minimum atomic E-state index is -0.231. The van der Waals surface area contributed by atoms with Gasteiger partial charge in [0.25, 0.3) is 5.91 Å². The number of anilines is 2. The molecule has 0 spiro atoms. The normalized spacial score (nSPS) is 12.0. The average Bonchev–Trinajstić information content (AvgIpc) is 3.36. The second-order valence-corrected chi connectivity index (χ2v) is 6.98. The molecule has 3 aromatic heterocycles. The maximum absolute atomic E-state index is 12.9. The van der Waals surface area contributed by atoms with Crippen molar-refractivity contribution >= 4 is 39.7 Å². The molecule has 7 heteroatoms. The molecule has 1 unspecified atom stereocenters. The molecule has 0 aliphatic rings. The van der Waals surface area contributed by atoms with E-state index in [-0.39, 0.29) is 11.9 Å². The molecule has 4 rings (SSSR count). The molecular formula is C20H19N5OS. The van der Waals surface area contributed by atoms with Crippen LogP contribution in [0.5, 0.6) is 0 Å². The number of thiophene rings is 1. The minimum absolute atomic E-state index is 0.147. The second-order valence-electron chi connectivity index (χ2n) is 6.06. The summed E-state index contributed by atoms with van der Waals surface area (Å²) in [5, 5.41) is 9.25. The SMILES string of the molecule is NCC(NC(=O)c1sccc1Nc1ccnc2[nH]ccc12)c1ccccc1. The van der Waals surface area contributed by atoms with Gasteiger partial charge < -0.3 is 21.4 Å². The number of aromatic nitrogens is 2. The Kier molecular flexibility index (Phi) is 4.86. The van der Waals surface area contributed by atoms with Crippen molar-refractivity contribution in [3.05, 3.63) is 76.7 Å². The van der Waals surface area contributed by atoms with Gasteiger partial charge in [-0.2, -0.15) is 0 Å². The summed E-state index contributed by atoms with van der Waals surface area (Å²) in [5.41, 5.74) is 9.32. The Morgan fingerprint density at radius 1 is 1.15 bits per heavy atom. The summed E-state index contributed by atoms with van der Waals surface area (Å²) in [5.74, 6) is -0.147. The third-order valence-electron chi connectivity index (χ3n) is 4.34. The second kappa shape index (κ2) is 7.61. The zero-order valence-corrected chi connectivity index (χ0v) is 15.3. The lowest BCUT2D eigenvalue weighted by atomic mass is 10.1. The van der Waals surface area contributed by atoms with E-state index in [4.69, 9.17) is 5.73 Å². The molecule has 27 heavy (non-hydrogen) atoms. The van der Waals surface area contributed by atoms with Crippen LogP contribution in [0.1, 0.15) is 21.3 Å². The molecule has 0 saturated heterocycles. The van der Waals surface area contributed by atoms with Crippen LogP contribution in [-0.2, 0) is 0 Å². The summed E-state index contributed by atoms with van der Waals surface area (Å²) >= 11 is 1.39. The van der Waals surface area contributed by atoms with E-state index in [1.54, 1.807) is 6.20 Å². The number of carbonyl (C=O) groups is 1. The van der Waals surface area contributed by atoms with Crippen LogP contribution in [0.3, 0.4) is 0 Å². The van der Waals surface area contributed by atoms with E-state index in [0.29, 0.717) is 11.4 Å². The predicted octanol–water partition coefficient (Wildman–Crippen LogP) is 3.80. The van der Waals surface area contributed by atoms with E-state index in [2.05, 4.69) is 20.6 Å². The van der Waals surface area contributed by atoms with Crippen LogP contribution < -0.4 is 16.4 Å². The van der Waals surface area contributed by atoms with Crippen molar-refractivity contribution in [2.24, 2.45) is 5.73 Å². The van der Waals surface area contributed by atoms with E-state index in [1.165, 1.54) is 11.3 Å². The molecule has 0 fully saturated rings. The molecule has 1 amide bonds. The number of fused-ring (bicyclic) bond motifs is 1. The Labute approximate surface area is 160 Å². The number of rotatable bonds is 6. The van der Waals surface area contributed by atoms with Gasteiger partial charge in [0.2, 0.25) is 0 Å². The molecule has 4 aromatic rings. The number of hydrogen-bond donors (Lipinski definition) is 4. The van der Waals surface area contributed by atoms with Crippen LogP contribution in [0.2, 0.25) is 0 Å². The lowest BCUT2D eigenvalue weighted by molar-refractivity contribution is 0.0942. The van der Waals surface area contributed by atoms with Crippen LogP contribution in [0.4, 0.5) is 11.4 Å². The first-order valence-electron chi connectivity index (χ1n) is 8.58. The van der Waals surface area contributed by atoms with Gasteiger partial charge in [0.1, 0.15) is 10.5 Å². The molecule has 3 heterocycles. The zero-order valence-electron chi connectivity index (χ0n) is 14.5. The maximum Gasteiger partial charge on any atom is 0.264 e. The van der Waals surface area contributed by atoms with E-state index in [9.17, 15) is 4.79 Å². The Morgan fingerprint density at radius 2 is 2.00 bits per heavy atom. The molecular weight excluding hydrogens is 358 g/mol. The van der Waals surface area contributed by atoms with Gasteiger partial charge in [0.05, 0.1) is 17.4 Å². The topological polar surface area (TPSA) is 95.8 Å². The van der Waals surface area contributed by atoms with Gasteiger partial charge in [-0.25, -0.2) is 4.98 Å². The largest absolute Gasteiger partial charge is 0.354 e. The van der Waals surface area contributed by atoms with Crippen molar-refractivity contribution in [3.63, 3.8) is 0 Å². The lowest BCUT2D eigenvalue weighted by Gasteiger charge is -2.17. The maximum atomic E-state index is 12.9. The van der Waals surface area contributed by atoms with Crippen molar-refractivity contribution in [2.75, 3.05) is 11.9 Å². The molecule has 1 aromatic carbocycles. The fraction of sp³-hybridized carbons (Fsp3) is 0.100. The van der Waals surface area contributed by atoms with Crippen LogP contribution in [0, 0.1) is 0 Å². The molecule has 0 aliphatic carbocycles. The van der Waals surface area contributed by atoms with Gasteiger partial charge in [0.15, 0.2) is 0 Å². The number of nitrogens with two attached hydrogens (primary N) is 1. The Balaban J connectivity index is 1.56. The standard InChI is InChI=1S/C20H19N5OS/c21-12-17(13-4-2-1-3-5-13)25-20(26)18-16(8-11-27-18)24-15-7-10-23-19-14(15)6-9-22-19/h1-11,17H,12,21H2,(H,25,26)(H2,22,23,24). The summed E-state index contributed by atoms with van der Waals surface area (Å²) in [7, 11) is 0. The number of nitrogens with one attached hydrogen (secondary N) is 3. The summed E-state index contributed by atoms with van der Waals surface area (Å²) in [4.78, 5) is 20.8. The third-order valence-corrected chi connectivity index (χ3v) is 5.26. The van der Waals surface area contributed by atoms with Gasteiger partial charge in [0, 0.05) is 24.3 Å². The molecule has 0 bridgehead atoms. The smallest absolute Gasteiger partial charge is 0.264 e. The van der Waals surface area contributed by atoms with Gasteiger partial charge >= 0.3 is 0 Å². The molecule has 5 N–H and O–H groups in total. The molecule has 0 aliphatic heterocycles. The highest BCUT2D eigenvalue weighted by molar-refractivity contribution is 7.12. The molecule has 0 radical (unpaired) electrons. The van der Waals surface area contributed by atoms with Crippen LogP contribution in [0.25, 0.3) is 11.0 Å². The number of hydrogen-bond acceptors (Lipinski definition) is 5. The highest BCUT2D eigenvalue weighted by atomic mass is 32.1.